The first kappa shape index (κ1) is 21.0. The molecule has 2 heterocycles. The average Bonchev–Trinajstić information content (AvgIpc) is 2.75. The van der Waals surface area contributed by atoms with Crippen LogP contribution in [0, 0.1) is 0 Å². The Balaban J connectivity index is 1.92. The van der Waals surface area contributed by atoms with Crippen molar-refractivity contribution in [1.82, 2.24) is 9.78 Å². The molecule has 162 valence electrons. The Labute approximate surface area is 182 Å². The van der Waals surface area contributed by atoms with Gasteiger partial charge in [-0.25, -0.2) is 0 Å². The first-order chi connectivity index (χ1) is 14.8. The number of piperidine rings is 1. The van der Waals surface area contributed by atoms with Gasteiger partial charge in [0.25, 0.3) is 5.56 Å². The number of hydrogen-bond donors (Lipinski definition) is 2. The van der Waals surface area contributed by atoms with Crippen LogP contribution in [0.25, 0.3) is 16.9 Å². The van der Waals surface area contributed by atoms with Gasteiger partial charge in [-0.1, -0.05) is 57.2 Å². The maximum Gasteiger partial charge on any atom is 0.296 e. The number of phenolic OH excluding ortho intramolecular Hbond substituents is 1. The molecule has 3 aromatic rings. The summed E-state index contributed by atoms with van der Waals surface area (Å²) < 4.78 is 1.30. The third-order valence-corrected chi connectivity index (χ3v) is 5.86. The van der Waals surface area contributed by atoms with E-state index in [1.54, 1.807) is 6.07 Å². The molecule has 1 aromatic heterocycles. The van der Waals surface area contributed by atoms with E-state index in [1.165, 1.54) is 11.1 Å². The molecule has 2 aromatic carbocycles. The third kappa shape index (κ3) is 4.02. The average molecular weight is 419 g/mol. The zero-order chi connectivity index (χ0) is 22.2. The van der Waals surface area contributed by atoms with Gasteiger partial charge < -0.3 is 15.7 Å². The van der Waals surface area contributed by atoms with Crippen molar-refractivity contribution in [3.8, 4) is 22.7 Å². The quantitative estimate of drug-likeness (QED) is 0.655. The summed E-state index contributed by atoms with van der Waals surface area (Å²) in [6.07, 6.45) is 3.32. The standard InChI is InChI=1S/C25H30N4O2/c1-25(2,3)19-13-12-18(16-20(19)30)29-24(31)21(26)23(28-14-8-5-9-15-28)22(27-29)17-10-6-4-7-11-17/h4,6-7,10-13,16,30H,5,8-9,14-15,26H2,1-3H3. The molecule has 31 heavy (non-hydrogen) atoms. The van der Waals surface area contributed by atoms with E-state index in [9.17, 15) is 9.90 Å². The Kier molecular flexibility index (Phi) is 5.48. The normalized spacial score (nSPS) is 14.6. The van der Waals surface area contributed by atoms with E-state index in [-0.39, 0.29) is 22.4 Å². The fourth-order valence-corrected chi connectivity index (χ4v) is 4.22. The van der Waals surface area contributed by atoms with Gasteiger partial charge in [-0.05, 0) is 36.3 Å². The molecule has 1 aliphatic rings. The smallest absolute Gasteiger partial charge is 0.296 e. The van der Waals surface area contributed by atoms with Crippen LogP contribution in [0.2, 0.25) is 0 Å². The van der Waals surface area contributed by atoms with Crippen molar-refractivity contribution < 1.29 is 5.11 Å². The van der Waals surface area contributed by atoms with Crippen LogP contribution in [0.3, 0.4) is 0 Å². The van der Waals surface area contributed by atoms with Crippen molar-refractivity contribution >= 4 is 11.4 Å². The highest BCUT2D eigenvalue weighted by Gasteiger charge is 2.24. The fourth-order valence-electron chi connectivity index (χ4n) is 4.22. The number of aromatic hydroxyl groups is 1. The van der Waals surface area contributed by atoms with Crippen molar-refractivity contribution in [2.75, 3.05) is 23.7 Å². The molecule has 0 atom stereocenters. The molecular formula is C25H30N4O2. The van der Waals surface area contributed by atoms with Gasteiger partial charge in [0, 0.05) is 24.7 Å². The molecule has 0 radical (unpaired) electrons. The van der Waals surface area contributed by atoms with Crippen molar-refractivity contribution in [3.05, 3.63) is 64.4 Å². The predicted molar refractivity (Wildman–Crippen MR) is 126 cm³/mol. The zero-order valence-corrected chi connectivity index (χ0v) is 18.4. The highest BCUT2D eigenvalue weighted by Crippen LogP contribution is 2.35. The second-order valence-electron chi connectivity index (χ2n) is 9.19. The van der Waals surface area contributed by atoms with E-state index < -0.39 is 0 Å². The summed E-state index contributed by atoms with van der Waals surface area (Å²) >= 11 is 0. The van der Waals surface area contributed by atoms with Crippen LogP contribution in [-0.4, -0.2) is 28.0 Å². The van der Waals surface area contributed by atoms with Crippen LogP contribution < -0.4 is 16.2 Å². The molecule has 0 bridgehead atoms. The molecule has 6 nitrogen and oxygen atoms in total. The number of rotatable bonds is 3. The number of benzene rings is 2. The molecule has 1 saturated heterocycles. The number of nitrogen functional groups attached to an aromatic ring is 1. The number of hydrogen-bond acceptors (Lipinski definition) is 5. The van der Waals surface area contributed by atoms with E-state index in [2.05, 4.69) is 4.90 Å². The Morgan fingerprint density at radius 3 is 2.29 bits per heavy atom. The van der Waals surface area contributed by atoms with E-state index in [4.69, 9.17) is 10.8 Å². The lowest BCUT2D eigenvalue weighted by molar-refractivity contribution is 0.446. The molecule has 0 aliphatic carbocycles. The second kappa shape index (κ2) is 8.10. The Bertz CT molecular complexity index is 1140. The number of nitrogens with zero attached hydrogens (tertiary/aromatic N) is 3. The topological polar surface area (TPSA) is 84.4 Å². The van der Waals surface area contributed by atoms with E-state index >= 15 is 0 Å². The summed E-state index contributed by atoms with van der Waals surface area (Å²) in [5, 5.41) is 15.4. The fraction of sp³-hybridized carbons (Fsp3) is 0.360. The Morgan fingerprint density at radius 1 is 1.00 bits per heavy atom. The predicted octanol–water partition coefficient (Wildman–Crippen LogP) is 4.48. The summed E-state index contributed by atoms with van der Waals surface area (Å²) in [7, 11) is 0. The zero-order valence-electron chi connectivity index (χ0n) is 18.4. The maximum absolute atomic E-state index is 13.3. The third-order valence-electron chi connectivity index (χ3n) is 5.86. The van der Waals surface area contributed by atoms with E-state index in [1.807, 2.05) is 63.2 Å². The maximum atomic E-state index is 13.3. The van der Waals surface area contributed by atoms with Gasteiger partial charge in [0.05, 0.1) is 11.4 Å². The minimum Gasteiger partial charge on any atom is -0.508 e. The molecular weight excluding hydrogens is 388 g/mol. The van der Waals surface area contributed by atoms with Gasteiger partial charge >= 0.3 is 0 Å². The van der Waals surface area contributed by atoms with Crippen LogP contribution in [0.5, 0.6) is 5.75 Å². The van der Waals surface area contributed by atoms with E-state index in [0.717, 1.165) is 37.1 Å². The first-order valence-electron chi connectivity index (χ1n) is 10.8. The number of anilines is 2. The summed E-state index contributed by atoms with van der Waals surface area (Å²) in [6, 6.07) is 15.0. The minimum absolute atomic E-state index is 0.138. The lowest BCUT2D eigenvalue weighted by atomic mass is 9.86. The van der Waals surface area contributed by atoms with Crippen molar-refractivity contribution in [3.63, 3.8) is 0 Å². The number of phenols is 1. The van der Waals surface area contributed by atoms with Crippen LogP contribution in [0.1, 0.15) is 45.6 Å². The molecule has 4 rings (SSSR count). The Morgan fingerprint density at radius 2 is 1.68 bits per heavy atom. The van der Waals surface area contributed by atoms with Crippen LogP contribution in [0.4, 0.5) is 11.4 Å². The van der Waals surface area contributed by atoms with Crippen LogP contribution in [0.15, 0.2) is 53.3 Å². The molecule has 3 N–H and O–H groups in total. The van der Waals surface area contributed by atoms with Crippen molar-refractivity contribution in [2.24, 2.45) is 0 Å². The summed E-state index contributed by atoms with van der Waals surface area (Å²) in [5.41, 5.74) is 9.65. The summed E-state index contributed by atoms with van der Waals surface area (Å²) in [5.74, 6) is 0.138. The molecule has 0 spiro atoms. The summed E-state index contributed by atoms with van der Waals surface area (Å²) in [6.45, 7) is 7.81. The lowest BCUT2D eigenvalue weighted by Gasteiger charge is -2.31. The molecule has 1 aliphatic heterocycles. The van der Waals surface area contributed by atoms with Gasteiger partial charge in [-0.3, -0.25) is 4.79 Å². The van der Waals surface area contributed by atoms with Gasteiger partial charge in [0.1, 0.15) is 17.1 Å². The summed E-state index contributed by atoms with van der Waals surface area (Å²) in [4.78, 5) is 15.5. The van der Waals surface area contributed by atoms with Gasteiger partial charge in [0.15, 0.2) is 0 Å². The minimum atomic E-state index is -0.372. The SMILES string of the molecule is CC(C)(C)c1ccc(-n2nc(-c3ccccc3)c(N3CCCCC3)c(N)c2=O)cc1O. The van der Waals surface area contributed by atoms with Gasteiger partial charge in [0.2, 0.25) is 0 Å². The number of nitrogens with two attached hydrogens (primary N) is 1. The van der Waals surface area contributed by atoms with Crippen LogP contribution >= 0.6 is 0 Å². The van der Waals surface area contributed by atoms with Crippen molar-refractivity contribution in [1.29, 1.82) is 0 Å². The van der Waals surface area contributed by atoms with Gasteiger partial charge in [-0.15, -0.1) is 0 Å². The number of aromatic nitrogens is 2. The van der Waals surface area contributed by atoms with E-state index in [0.29, 0.717) is 17.1 Å². The molecule has 0 unspecified atom stereocenters. The van der Waals surface area contributed by atoms with Crippen molar-refractivity contribution in [2.45, 2.75) is 45.4 Å². The Hall–Kier alpha value is -3.28. The highest BCUT2D eigenvalue weighted by atomic mass is 16.3. The molecule has 0 amide bonds. The lowest BCUT2D eigenvalue weighted by Crippen LogP contribution is -2.35. The van der Waals surface area contributed by atoms with Crippen LogP contribution in [-0.2, 0) is 5.41 Å². The molecule has 1 fully saturated rings. The monoisotopic (exact) mass is 418 g/mol. The first-order valence-corrected chi connectivity index (χ1v) is 10.8. The van der Waals surface area contributed by atoms with Gasteiger partial charge in [-0.2, -0.15) is 9.78 Å². The molecule has 0 saturated carbocycles. The largest absolute Gasteiger partial charge is 0.508 e. The molecule has 6 heteroatoms. The highest BCUT2D eigenvalue weighted by molar-refractivity contribution is 5.83. The second-order valence-corrected chi connectivity index (χ2v) is 9.19.